The second kappa shape index (κ2) is 6.35. The molecule has 0 bridgehead atoms. The average molecular weight is 254 g/mol. The van der Waals surface area contributed by atoms with Crippen LogP contribution in [0.15, 0.2) is 54.9 Å². The van der Waals surface area contributed by atoms with Gasteiger partial charge in [-0.25, -0.2) is 0 Å². The van der Waals surface area contributed by atoms with Gasteiger partial charge in [0.1, 0.15) is 5.75 Å². The molecule has 1 heterocycles. The van der Waals surface area contributed by atoms with Crippen molar-refractivity contribution in [2.24, 2.45) is 0 Å². The normalized spacial score (nSPS) is 10.4. The standard InChI is InChI=1S/C15H14N2O2/c1-19-14-5-3-13(4-6-14)17-15(18)7-2-12-8-10-16-11-9-12/h2-11H,1H3,(H,17,18)/b7-2+. The second-order valence-electron chi connectivity index (χ2n) is 3.83. The molecule has 4 heteroatoms. The molecule has 0 fully saturated rings. The number of methoxy groups -OCH3 is 1. The summed E-state index contributed by atoms with van der Waals surface area (Å²) in [6.45, 7) is 0. The highest BCUT2D eigenvalue weighted by molar-refractivity contribution is 6.01. The number of nitrogens with zero attached hydrogens (tertiary/aromatic N) is 1. The first-order valence-electron chi connectivity index (χ1n) is 5.81. The summed E-state index contributed by atoms with van der Waals surface area (Å²) >= 11 is 0. The molecule has 0 aliphatic heterocycles. The fourth-order valence-electron chi connectivity index (χ4n) is 1.50. The number of aromatic nitrogens is 1. The minimum absolute atomic E-state index is 0.179. The lowest BCUT2D eigenvalue weighted by Gasteiger charge is -2.03. The van der Waals surface area contributed by atoms with Gasteiger partial charge in [-0.05, 0) is 48.0 Å². The van der Waals surface area contributed by atoms with Crippen molar-refractivity contribution in [3.63, 3.8) is 0 Å². The molecule has 19 heavy (non-hydrogen) atoms. The molecule has 0 aliphatic rings. The van der Waals surface area contributed by atoms with E-state index >= 15 is 0 Å². The third kappa shape index (κ3) is 3.96. The van der Waals surface area contributed by atoms with E-state index in [1.807, 2.05) is 12.1 Å². The number of carbonyl (C=O) groups is 1. The van der Waals surface area contributed by atoms with Crippen LogP contribution in [0.25, 0.3) is 6.08 Å². The number of hydrogen-bond acceptors (Lipinski definition) is 3. The van der Waals surface area contributed by atoms with Crippen molar-refractivity contribution in [1.29, 1.82) is 0 Å². The highest BCUT2D eigenvalue weighted by Gasteiger charge is 1.98. The molecule has 4 nitrogen and oxygen atoms in total. The summed E-state index contributed by atoms with van der Waals surface area (Å²) < 4.78 is 5.05. The number of amides is 1. The van der Waals surface area contributed by atoms with E-state index in [0.717, 1.165) is 17.0 Å². The SMILES string of the molecule is COc1ccc(NC(=O)/C=C/c2ccncc2)cc1. The van der Waals surface area contributed by atoms with Crippen LogP contribution >= 0.6 is 0 Å². The number of benzene rings is 1. The highest BCUT2D eigenvalue weighted by Crippen LogP contribution is 2.14. The smallest absolute Gasteiger partial charge is 0.248 e. The van der Waals surface area contributed by atoms with E-state index in [1.165, 1.54) is 6.08 Å². The van der Waals surface area contributed by atoms with Crippen LogP contribution in [0.2, 0.25) is 0 Å². The lowest BCUT2D eigenvalue weighted by Crippen LogP contribution is -2.07. The highest BCUT2D eigenvalue weighted by atomic mass is 16.5. The third-order valence-corrected chi connectivity index (χ3v) is 2.49. The summed E-state index contributed by atoms with van der Waals surface area (Å²) in [7, 11) is 1.60. The van der Waals surface area contributed by atoms with Crippen LogP contribution in [-0.2, 0) is 4.79 Å². The Morgan fingerprint density at radius 2 is 1.84 bits per heavy atom. The fraction of sp³-hybridized carbons (Fsp3) is 0.0667. The number of hydrogen-bond donors (Lipinski definition) is 1. The minimum atomic E-state index is -0.179. The Balaban J connectivity index is 1.95. The van der Waals surface area contributed by atoms with Crippen LogP contribution in [0, 0.1) is 0 Å². The average Bonchev–Trinajstić information content (AvgIpc) is 2.47. The molecular formula is C15H14N2O2. The first kappa shape index (κ1) is 12.8. The maximum Gasteiger partial charge on any atom is 0.248 e. The van der Waals surface area contributed by atoms with E-state index in [0.29, 0.717) is 0 Å². The van der Waals surface area contributed by atoms with Gasteiger partial charge in [0.05, 0.1) is 7.11 Å². The molecule has 1 N–H and O–H groups in total. The predicted octanol–water partition coefficient (Wildman–Crippen LogP) is 2.74. The van der Waals surface area contributed by atoms with E-state index in [1.54, 1.807) is 49.8 Å². The summed E-state index contributed by atoms with van der Waals surface area (Å²) in [5.74, 6) is 0.576. The van der Waals surface area contributed by atoms with E-state index in [2.05, 4.69) is 10.3 Å². The van der Waals surface area contributed by atoms with Crippen LogP contribution in [0.4, 0.5) is 5.69 Å². The maximum absolute atomic E-state index is 11.7. The van der Waals surface area contributed by atoms with Crippen LogP contribution in [0.5, 0.6) is 5.75 Å². The topological polar surface area (TPSA) is 51.2 Å². The summed E-state index contributed by atoms with van der Waals surface area (Å²) in [6.07, 6.45) is 6.59. The first-order valence-corrected chi connectivity index (χ1v) is 5.81. The van der Waals surface area contributed by atoms with Crippen LogP contribution in [0.1, 0.15) is 5.56 Å². The van der Waals surface area contributed by atoms with Gasteiger partial charge in [-0.3, -0.25) is 9.78 Å². The van der Waals surface area contributed by atoms with Crippen LogP contribution in [-0.4, -0.2) is 18.0 Å². The van der Waals surface area contributed by atoms with Gasteiger partial charge in [-0.2, -0.15) is 0 Å². The number of ether oxygens (including phenoxy) is 1. The van der Waals surface area contributed by atoms with Gasteiger partial charge in [0, 0.05) is 24.2 Å². The number of anilines is 1. The molecule has 0 saturated carbocycles. The zero-order chi connectivity index (χ0) is 13.5. The van der Waals surface area contributed by atoms with Gasteiger partial charge >= 0.3 is 0 Å². The molecule has 0 atom stereocenters. The largest absolute Gasteiger partial charge is 0.497 e. The van der Waals surface area contributed by atoms with Gasteiger partial charge in [-0.1, -0.05) is 0 Å². The molecule has 1 aromatic carbocycles. The number of rotatable bonds is 4. The van der Waals surface area contributed by atoms with Gasteiger partial charge in [0.25, 0.3) is 0 Å². The van der Waals surface area contributed by atoms with Crippen molar-refractivity contribution < 1.29 is 9.53 Å². The molecule has 2 rings (SSSR count). The van der Waals surface area contributed by atoms with Crippen LogP contribution in [0.3, 0.4) is 0 Å². The van der Waals surface area contributed by atoms with Gasteiger partial charge in [0.15, 0.2) is 0 Å². The summed E-state index contributed by atoms with van der Waals surface area (Å²) in [6, 6.07) is 10.8. The second-order valence-corrected chi connectivity index (χ2v) is 3.83. The van der Waals surface area contributed by atoms with Crippen molar-refractivity contribution in [3.05, 3.63) is 60.4 Å². The molecule has 96 valence electrons. The Bertz CT molecular complexity index is 562. The fourth-order valence-corrected chi connectivity index (χ4v) is 1.50. The molecular weight excluding hydrogens is 240 g/mol. The predicted molar refractivity (Wildman–Crippen MR) is 74.9 cm³/mol. The van der Waals surface area contributed by atoms with Gasteiger partial charge in [0.2, 0.25) is 5.91 Å². The van der Waals surface area contributed by atoms with Crippen molar-refractivity contribution in [1.82, 2.24) is 4.98 Å². The van der Waals surface area contributed by atoms with Crippen molar-refractivity contribution >= 4 is 17.7 Å². The maximum atomic E-state index is 11.7. The lowest BCUT2D eigenvalue weighted by atomic mass is 10.2. The van der Waals surface area contributed by atoms with E-state index in [4.69, 9.17) is 4.74 Å². The van der Waals surface area contributed by atoms with E-state index in [-0.39, 0.29) is 5.91 Å². The monoisotopic (exact) mass is 254 g/mol. The number of pyridine rings is 1. The van der Waals surface area contributed by atoms with Gasteiger partial charge < -0.3 is 10.1 Å². The zero-order valence-electron chi connectivity index (χ0n) is 10.5. The van der Waals surface area contributed by atoms with Crippen molar-refractivity contribution in [2.75, 3.05) is 12.4 Å². The van der Waals surface area contributed by atoms with Crippen molar-refractivity contribution in [3.8, 4) is 5.75 Å². The minimum Gasteiger partial charge on any atom is -0.497 e. The Morgan fingerprint density at radius 3 is 2.47 bits per heavy atom. The summed E-state index contributed by atoms with van der Waals surface area (Å²) in [5.41, 5.74) is 1.66. The molecule has 0 radical (unpaired) electrons. The Hall–Kier alpha value is -2.62. The molecule has 1 aromatic heterocycles. The Kier molecular flexibility index (Phi) is 4.29. The summed E-state index contributed by atoms with van der Waals surface area (Å²) in [5, 5.41) is 2.77. The molecule has 2 aromatic rings. The molecule has 0 aliphatic carbocycles. The Labute approximate surface area is 111 Å². The van der Waals surface area contributed by atoms with E-state index < -0.39 is 0 Å². The quantitative estimate of drug-likeness (QED) is 0.853. The number of nitrogens with one attached hydrogen (secondary N) is 1. The molecule has 0 spiro atoms. The molecule has 1 amide bonds. The zero-order valence-corrected chi connectivity index (χ0v) is 10.5. The van der Waals surface area contributed by atoms with Crippen LogP contribution < -0.4 is 10.1 Å². The summed E-state index contributed by atoms with van der Waals surface area (Å²) in [4.78, 5) is 15.6. The lowest BCUT2D eigenvalue weighted by molar-refractivity contribution is -0.111. The molecule has 0 unspecified atom stereocenters. The van der Waals surface area contributed by atoms with E-state index in [9.17, 15) is 4.79 Å². The van der Waals surface area contributed by atoms with Gasteiger partial charge in [-0.15, -0.1) is 0 Å². The number of carbonyl (C=O) groups excluding carboxylic acids is 1. The first-order chi connectivity index (χ1) is 9.28. The third-order valence-electron chi connectivity index (χ3n) is 2.49. The van der Waals surface area contributed by atoms with Crippen molar-refractivity contribution in [2.45, 2.75) is 0 Å². The molecule has 0 saturated heterocycles. The Morgan fingerprint density at radius 1 is 1.16 bits per heavy atom.